The van der Waals surface area contributed by atoms with E-state index in [1.54, 1.807) is 62.4 Å². The molecule has 2 heterocycles. The standard InChI is InChI=1S/C25H21ClN2O6S/c1-4-34-24(32)22-13(2)27-25(35-22)28-19(14-7-11-17(33-3)12-8-14)18(21(30)23(28)31)20(29)15-5-9-16(26)10-6-15/h5-12,19,29H,4H2,1-3H3/b20-18+. The SMILES string of the molecule is CCOC(=O)c1sc(N2C(=O)C(=O)/C(=C(/O)c3ccc(Cl)cc3)C2c2ccc(OC)cc2)nc1C. The highest BCUT2D eigenvalue weighted by Gasteiger charge is 2.48. The Hall–Kier alpha value is -3.69. The van der Waals surface area contributed by atoms with Crippen LogP contribution < -0.4 is 9.64 Å². The van der Waals surface area contributed by atoms with Crippen molar-refractivity contribution in [1.29, 1.82) is 0 Å². The van der Waals surface area contributed by atoms with E-state index in [9.17, 15) is 19.5 Å². The summed E-state index contributed by atoms with van der Waals surface area (Å²) in [5.41, 5.74) is 1.14. The lowest BCUT2D eigenvalue weighted by atomic mass is 9.95. The Morgan fingerprint density at radius 2 is 1.80 bits per heavy atom. The van der Waals surface area contributed by atoms with E-state index < -0.39 is 23.7 Å². The summed E-state index contributed by atoms with van der Waals surface area (Å²) in [6, 6.07) is 12.1. The number of rotatable bonds is 6. The number of halogens is 1. The number of methoxy groups -OCH3 is 1. The normalized spacial score (nSPS) is 17.0. The van der Waals surface area contributed by atoms with Crippen LogP contribution in [0.2, 0.25) is 5.02 Å². The van der Waals surface area contributed by atoms with Crippen molar-refractivity contribution in [2.45, 2.75) is 19.9 Å². The van der Waals surface area contributed by atoms with Crippen LogP contribution in [0.4, 0.5) is 5.13 Å². The Kier molecular flexibility index (Phi) is 6.90. The van der Waals surface area contributed by atoms with Gasteiger partial charge in [0.15, 0.2) is 5.13 Å². The molecule has 1 aliphatic rings. The van der Waals surface area contributed by atoms with Gasteiger partial charge in [0.2, 0.25) is 0 Å². The summed E-state index contributed by atoms with van der Waals surface area (Å²) in [5, 5.41) is 11.7. The quantitative estimate of drug-likeness (QED) is 0.216. The number of hydrogen-bond donors (Lipinski definition) is 1. The van der Waals surface area contributed by atoms with Gasteiger partial charge in [-0.1, -0.05) is 35.1 Å². The Balaban J connectivity index is 1.90. The van der Waals surface area contributed by atoms with Crippen LogP contribution in [0.15, 0.2) is 54.1 Å². The molecule has 1 amide bonds. The zero-order valence-corrected chi connectivity index (χ0v) is 20.6. The molecule has 1 atom stereocenters. The highest BCUT2D eigenvalue weighted by molar-refractivity contribution is 7.17. The number of Topliss-reactive ketones (excluding diaryl/α,β-unsaturated/α-hetero) is 1. The Morgan fingerprint density at radius 3 is 2.40 bits per heavy atom. The molecule has 1 unspecified atom stereocenters. The van der Waals surface area contributed by atoms with E-state index in [0.29, 0.717) is 27.6 Å². The van der Waals surface area contributed by atoms with Crippen molar-refractivity contribution in [3.8, 4) is 5.75 Å². The van der Waals surface area contributed by atoms with Crippen LogP contribution in [0.3, 0.4) is 0 Å². The van der Waals surface area contributed by atoms with Gasteiger partial charge in [0, 0.05) is 10.6 Å². The third-order valence-corrected chi connectivity index (χ3v) is 6.83. The minimum absolute atomic E-state index is 0.104. The summed E-state index contributed by atoms with van der Waals surface area (Å²) >= 11 is 6.91. The van der Waals surface area contributed by atoms with Crippen LogP contribution in [-0.2, 0) is 14.3 Å². The molecule has 0 saturated carbocycles. The summed E-state index contributed by atoms with van der Waals surface area (Å²) in [6.45, 7) is 3.50. The Morgan fingerprint density at radius 1 is 1.14 bits per heavy atom. The first-order valence-corrected chi connectivity index (χ1v) is 11.8. The van der Waals surface area contributed by atoms with Crippen molar-refractivity contribution in [3.63, 3.8) is 0 Å². The van der Waals surface area contributed by atoms with Crippen LogP contribution in [0.25, 0.3) is 5.76 Å². The van der Waals surface area contributed by atoms with Crippen molar-refractivity contribution in [2.75, 3.05) is 18.6 Å². The maximum absolute atomic E-state index is 13.3. The number of ether oxygens (including phenoxy) is 2. The minimum Gasteiger partial charge on any atom is -0.507 e. The van der Waals surface area contributed by atoms with Gasteiger partial charge in [-0.3, -0.25) is 14.5 Å². The van der Waals surface area contributed by atoms with Gasteiger partial charge >= 0.3 is 11.9 Å². The zero-order chi connectivity index (χ0) is 25.3. The highest BCUT2D eigenvalue weighted by Crippen LogP contribution is 2.44. The average Bonchev–Trinajstić information content (AvgIpc) is 3.36. The molecule has 0 aliphatic carbocycles. The van der Waals surface area contributed by atoms with E-state index >= 15 is 0 Å². The lowest BCUT2D eigenvalue weighted by Crippen LogP contribution is -2.29. The number of carbonyl (C=O) groups is 3. The third kappa shape index (κ3) is 4.52. The van der Waals surface area contributed by atoms with Gasteiger partial charge in [0.05, 0.1) is 31.0 Å². The first-order chi connectivity index (χ1) is 16.8. The van der Waals surface area contributed by atoms with Gasteiger partial charge in [-0.15, -0.1) is 0 Å². The summed E-state index contributed by atoms with van der Waals surface area (Å²) in [4.78, 5) is 44.7. The third-order valence-electron chi connectivity index (χ3n) is 5.45. The molecule has 10 heteroatoms. The molecule has 1 fully saturated rings. The number of esters is 1. The predicted molar refractivity (Wildman–Crippen MR) is 132 cm³/mol. The van der Waals surface area contributed by atoms with Crippen LogP contribution in [-0.4, -0.2) is 41.5 Å². The molecule has 0 bridgehead atoms. The van der Waals surface area contributed by atoms with Gasteiger partial charge in [-0.05, 0) is 55.8 Å². The Bertz CT molecular complexity index is 1330. The van der Waals surface area contributed by atoms with E-state index in [0.717, 1.165) is 11.3 Å². The van der Waals surface area contributed by atoms with Crippen LogP contribution in [0, 0.1) is 6.92 Å². The van der Waals surface area contributed by atoms with E-state index in [4.69, 9.17) is 21.1 Å². The number of aliphatic hydroxyl groups is 1. The van der Waals surface area contributed by atoms with Crippen LogP contribution in [0.1, 0.15) is 39.5 Å². The fourth-order valence-electron chi connectivity index (χ4n) is 3.77. The molecule has 4 rings (SSSR count). The fraction of sp³-hybridized carbons (Fsp3) is 0.200. The number of aromatic nitrogens is 1. The van der Waals surface area contributed by atoms with Gasteiger partial charge in [0.1, 0.15) is 16.4 Å². The molecule has 3 aromatic rings. The number of amides is 1. The number of aliphatic hydroxyl groups excluding tert-OH is 1. The van der Waals surface area contributed by atoms with E-state index in [-0.39, 0.29) is 27.9 Å². The van der Waals surface area contributed by atoms with Gasteiger partial charge in [-0.25, -0.2) is 9.78 Å². The maximum Gasteiger partial charge on any atom is 0.350 e. The fourth-order valence-corrected chi connectivity index (χ4v) is 4.88. The van der Waals surface area contributed by atoms with Crippen molar-refractivity contribution >= 4 is 51.5 Å². The van der Waals surface area contributed by atoms with E-state index in [2.05, 4.69) is 4.98 Å². The first kappa shape index (κ1) is 24.4. The summed E-state index contributed by atoms with van der Waals surface area (Å²) < 4.78 is 10.3. The second-order valence-electron chi connectivity index (χ2n) is 7.58. The molecule has 180 valence electrons. The Labute approximate surface area is 210 Å². The molecule has 1 aliphatic heterocycles. The summed E-state index contributed by atoms with van der Waals surface area (Å²) in [7, 11) is 1.52. The van der Waals surface area contributed by atoms with Crippen molar-refractivity contribution < 1.29 is 29.0 Å². The van der Waals surface area contributed by atoms with Crippen LogP contribution in [0.5, 0.6) is 5.75 Å². The molecular formula is C25H21ClN2O6S. The number of anilines is 1. The molecule has 0 radical (unpaired) electrons. The number of thiazole rings is 1. The number of aryl methyl sites for hydroxylation is 1. The van der Waals surface area contributed by atoms with Gasteiger partial charge in [-0.2, -0.15) is 0 Å². The number of ketones is 1. The van der Waals surface area contributed by atoms with E-state index in [1.165, 1.54) is 12.0 Å². The second kappa shape index (κ2) is 9.89. The number of nitrogens with zero attached hydrogens (tertiary/aromatic N) is 2. The van der Waals surface area contributed by atoms with Crippen molar-refractivity contribution in [1.82, 2.24) is 4.98 Å². The largest absolute Gasteiger partial charge is 0.507 e. The predicted octanol–water partition coefficient (Wildman–Crippen LogP) is 4.92. The molecule has 8 nitrogen and oxygen atoms in total. The summed E-state index contributed by atoms with van der Waals surface area (Å²) in [6.07, 6.45) is 0. The zero-order valence-electron chi connectivity index (χ0n) is 19.1. The average molecular weight is 513 g/mol. The second-order valence-corrected chi connectivity index (χ2v) is 8.99. The lowest BCUT2D eigenvalue weighted by molar-refractivity contribution is -0.132. The molecule has 1 N–H and O–H groups in total. The summed E-state index contributed by atoms with van der Waals surface area (Å²) in [5.74, 6) is -2.07. The van der Waals surface area contributed by atoms with Crippen molar-refractivity contribution in [3.05, 3.63) is 80.8 Å². The van der Waals surface area contributed by atoms with E-state index in [1.807, 2.05) is 0 Å². The maximum atomic E-state index is 13.3. The monoisotopic (exact) mass is 512 g/mol. The van der Waals surface area contributed by atoms with Gasteiger partial charge < -0.3 is 14.6 Å². The molecular weight excluding hydrogens is 492 g/mol. The smallest absolute Gasteiger partial charge is 0.350 e. The number of hydrogen-bond acceptors (Lipinski definition) is 8. The lowest BCUT2D eigenvalue weighted by Gasteiger charge is -2.23. The topological polar surface area (TPSA) is 106 Å². The van der Waals surface area contributed by atoms with Gasteiger partial charge in [0.25, 0.3) is 5.78 Å². The van der Waals surface area contributed by atoms with Crippen molar-refractivity contribution in [2.24, 2.45) is 0 Å². The molecule has 1 saturated heterocycles. The van der Waals surface area contributed by atoms with Crippen LogP contribution >= 0.6 is 22.9 Å². The molecule has 2 aromatic carbocycles. The number of benzene rings is 2. The molecule has 35 heavy (non-hydrogen) atoms. The highest BCUT2D eigenvalue weighted by atomic mass is 35.5. The minimum atomic E-state index is -0.989. The number of carbonyl (C=O) groups excluding carboxylic acids is 3. The first-order valence-electron chi connectivity index (χ1n) is 10.6. The molecule has 1 aromatic heterocycles. The molecule has 0 spiro atoms.